The van der Waals surface area contributed by atoms with Crippen LogP contribution < -0.4 is 5.32 Å². The molecule has 6 nitrogen and oxygen atoms in total. The van der Waals surface area contributed by atoms with Crippen LogP contribution in [0.5, 0.6) is 0 Å². The average Bonchev–Trinajstić information content (AvgIpc) is 3.47. The Morgan fingerprint density at radius 3 is 2.19 bits per heavy atom. The molecule has 2 atom stereocenters. The number of para-hydroxylation sites is 1. The number of amides is 1. The lowest BCUT2D eigenvalue weighted by Gasteiger charge is -2.24. The molecule has 1 amide bonds. The largest absolute Gasteiger partial charge is 0.480 e. The first kappa shape index (κ1) is 29.7. The minimum atomic E-state index is -1.63. The molecule has 43 heavy (non-hydrogen) atoms. The number of likely N-dealkylation sites (tertiary alicyclic amines) is 1. The molecular weight excluding hydrogens is 555 g/mol. The van der Waals surface area contributed by atoms with Crippen molar-refractivity contribution in [3.8, 4) is 0 Å². The fourth-order valence-electron chi connectivity index (χ4n) is 5.33. The van der Waals surface area contributed by atoms with Crippen LogP contribution in [0.2, 0.25) is 0 Å². The Bertz CT molecular complexity index is 1610. The Hall–Kier alpha value is -4.76. The van der Waals surface area contributed by atoms with Crippen LogP contribution in [-0.4, -0.2) is 46.2 Å². The molecule has 9 heteroatoms. The van der Waals surface area contributed by atoms with Crippen LogP contribution in [0.4, 0.5) is 18.9 Å². The molecule has 1 heterocycles. The number of hydrogen-bond donors (Lipinski definition) is 2. The highest BCUT2D eigenvalue weighted by molar-refractivity contribution is 6.17. The zero-order valence-corrected chi connectivity index (χ0v) is 23.2. The van der Waals surface area contributed by atoms with Crippen molar-refractivity contribution in [3.63, 3.8) is 0 Å². The van der Waals surface area contributed by atoms with Gasteiger partial charge in [0.25, 0.3) is 0 Å². The number of aliphatic carboxylic acids is 1. The van der Waals surface area contributed by atoms with Gasteiger partial charge < -0.3 is 10.4 Å². The van der Waals surface area contributed by atoms with E-state index >= 15 is 0 Å². The van der Waals surface area contributed by atoms with Gasteiger partial charge in [-0.2, -0.15) is 0 Å². The molecule has 2 N–H and O–H groups in total. The quantitative estimate of drug-likeness (QED) is 0.171. The molecule has 1 aliphatic heterocycles. The summed E-state index contributed by atoms with van der Waals surface area (Å²) in [7, 11) is 0. The summed E-state index contributed by atoms with van der Waals surface area (Å²) >= 11 is 0. The molecule has 1 fully saturated rings. The second kappa shape index (κ2) is 13.5. The van der Waals surface area contributed by atoms with Gasteiger partial charge in [-0.15, -0.1) is 0 Å². The molecule has 0 aliphatic carbocycles. The summed E-state index contributed by atoms with van der Waals surface area (Å²) in [4.78, 5) is 32.6. The lowest BCUT2D eigenvalue weighted by atomic mass is 9.98. The first-order chi connectivity index (χ1) is 20.8. The van der Waals surface area contributed by atoms with Crippen LogP contribution in [-0.2, 0) is 22.6 Å². The molecule has 0 radical (unpaired) electrons. The second-order valence-corrected chi connectivity index (χ2v) is 10.4. The van der Waals surface area contributed by atoms with Gasteiger partial charge in [0, 0.05) is 24.1 Å². The van der Waals surface area contributed by atoms with Crippen molar-refractivity contribution in [2.24, 2.45) is 4.99 Å². The van der Waals surface area contributed by atoms with E-state index in [4.69, 9.17) is 0 Å². The van der Waals surface area contributed by atoms with Crippen molar-refractivity contribution in [3.05, 3.63) is 137 Å². The fraction of sp³-hybridized carbons (Fsp3) is 0.206. The predicted octanol–water partition coefficient (Wildman–Crippen LogP) is 6.24. The molecule has 1 saturated heterocycles. The maximum atomic E-state index is 13.9. The highest BCUT2D eigenvalue weighted by atomic mass is 19.2. The predicted molar refractivity (Wildman–Crippen MR) is 158 cm³/mol. The number of carboxylic acids is 1. The van der Waals surface area contributed by atoms with E-state index in [1.165, 1.54) is 0 Å². The Kier molecular flexibility index (Phi) is 9.32. The van der Waals surface area contributed by atoms with E-state index < -0.39 is 29.5 Å². The van der Waals surface area contributed by atoms with Crippen LogP contribution in [0.15, 0.2) is 102 Å². The average molecular weight is 586 g/mol. The molecule has 4 aromatic carbocycles. The third-order valence-electron chi connectivity index (χ3n) is 7.42. The zero-order chi connectivity index (χ0) is 30.3. The zero-order valence-electron chi connectivity index (χ0n) is 23.2. The van der Waals surface area contributed by atoms with Crippen molar-refractivity contribution in [2.45, 2.75) is 37.9 Å². The monoisotopic (exact) mass is 585 g/mol. The van der Waals surface area contributed by atoms with Crippen LogP contribution in [0, 0.1) is 17.5 Å². The number of rotatable bonds is 10. The van der Waals surface area contributed by atoms with Gasteiger partial charge in [0.2, 0.25) is 5.91 Å². The van der Waals surface area contributed by atoms with Gasteiger partial charge >= 0.3 is 5.97 Å². The minimum absolute atomic E-state index is 0.0544. The van der Waals surface area contributed by atoms with Crippen LogP contribution in [0.1, 0.15) is 35.1 Å². The summed E-state index contributed by atoms with van der Waals surface area (Å²) in [5.41, 5.74) is 2.85. The molecule has 0 unspecified atom stereocenters. The number of halogens is 3. The van der Waals surface area contributed by atoms with Gasteiger partial charge in [0.1, 0.15) is 0 Å². The third-order valence-corrected chi connectivity index (χ3v) is 7.42. The van der Waals surface area contributed by atoms with Crippen molar-refractivity contribution in [2.75, 3.05) is 11.9 Å². The summed E-state index contributed by atoms with van der Waals surface area (Å²) in [5.74, 6) is -5.96. The topological polar surface area (TPSA) is 82.0 Å². The summed E-state index contributed by atoms with van der Waals surface area (Å²) in [6.45, 7) is 1.43. The van der Waals surface area contributed by atoms with Gasteiger partial charge in [0.05, 0.1) is 17.4 Å². The number of anilines is 1. The first-order valence-electron chi connectivity index (χ1n) is 14.0. The Morgan fingerprint density at radius 1 is 0.884 bits per heavy atom. The molecular formula is C34H30F3N3O3. The lowest BCUT2D eigenvalue weighted by molar-refractivity contribution is -0.138. The van der Waals surface area contributed by atoms with E-state index in [-0.39, 0.29) is 29.6 Å². The summed E-state index contributed by atoms with van der Waals surface area (Å²) < 4.78 is 41.3. The standard InChI is InChI=1S/C34H30F3N3O3/c35-26-18-23(19-27(36)31(26)37)20-29(34(42)43)38-32(24-12-5-2-6-13-24)25-14-7-8-15-28(25)39-33(41)30-16-9-17-40(30)21-22-10-3-1-4-11-22/h1-8,10-15,18-19,29-30H,9,16-17,20-21H2,(H,39,41)(H,42,43)/t29-,30-/m0/s1. The molecule has 0 bridgehead atoms. The van der Waals surface area contributed by atoms with E-state index in [0.29, 0.717) is 29.8 Å². The molecule has 4 aromatic rings. The Morgan fingerprint density at radius 2 is 1.51 bits per heavy atom. The minimum Gasteiger partial charge on any atom is -0.480 e. The van der Waals surface area contributed by atoms with Crippen molar-refractivity contribution in [1.29, 1.82) is 0 Å². The van der Waals surface area contributed by atoms with Gasteiger partial charge in [-0.3, -0.25) is 14.7 Å². The molecule has 0 spiro atoms. The van der Waals surface area contributed by atoms with E-state index in [1.54, 1.807) is 54.6 Å². The van der Waals surface area contributed by atoms with Gasteiger partial charge in [0.15, 0.2) is 23.5 Å². The maximum absolute atomic E-state index is 13.9. The SMILES string of the molecule is O=C(O)[C@H](Cc1cc(F)c(F)c(F)c1)N=C(c1ccccc1)c1ccccc1NC(=O)[C@@H]1CCCN1Cc1ccccc1. The molecule has 0 aromatic heterocycles. The third kappa shape index (κ3) is 7.18. The highest BCUT2D eigenvalue weighted by Gasteiger charge is 2.31. The Balaban J connectivity index is 1.47. The molecule has 1 aliphatic rings. The lowest BCUT2D eigenvalue weighted by Crippen LogP contribution is -2.39. The molecule has 0 saturated carbocycles. The molecule has 220 valence electrons. The molecule has 5 rings (SSSR count). The highest BCUT2D eigenvalue weighted by Crippen LogP contribution is 2.26. The van der Waals surface area contributed by atoms with Crippen LogP contribution in [0.3, 0.4) is 0 Å². The Labute approximate surface area is 247 Å². The normalized spacial score (nSPS) is 16.2. The number of aliphatic imine (C=N–C) groups is 1. The number of nitrogens with zero attached hydrogens (tertiary/aromatic N) is 2. The fourth-order valence-corrected chi connectivity index (χ4v) is 5.33. The van der Waals surface area contributed by atoms with Gasteiger partial charge in [-0.1, -0.05) is 78.9 Å². The summed E-state index contributed by atoms with van der Waals surface area (Å²) in [6.07, 6.45) is 1.20. The van der Waals surface area contributed by atoms with E-state index in [1.807, 2.05) is 30.3 Å². The number of hydrogen-bond acceptors (Lipinski definition) is 4. The first-order valence-corrected chi connectivity index (χ1v) is 14.0. The van der Waals surface area contributed by atoms with Crippen molar-refractivity contribution < 1.29 is 27.9 Å². The van der Waals surface area contributed by atoms with Crippen LogP contribution in [0.25, 0.3) is 0 Å². The summed E-state index contributed by atoms with van der Waals surface area (Å²) in [6, 6.07) is 25.5. The number of carbonyl (C=O) groups is 2. The second-order valence-electron chi connectivity index (χ2n) is 10.4. The number of nitrogens with one attached hydrogen (secondary N) is 1. The van der Waals surface area contributed by atoms with E-state index in [9.17, 15) is 27.9 Å². The van der Waals surface area contributed by atoms with Gasteiger partial charge in [-0.05, 0) is 48.7 Å². The smallest absolute Gasteiger partial charge is 0.328 e. The van der Waals surface area contributed by atoms with Crippen LogP contribution >= 0.6 is 0 Å². The van der Waals surface area contributed by atoms with Crippen molar-refractivity contribution >= 4 is 23.3 Å². The number of carbonyl (C=O) groups excluding carboxylic acids is 1. The number of benzene rings is 4. The maximum Gasteiger partial charge on any atom is 0.328 e. The van der Waals surface area contributed by atoms with Crippen molar-refractivity contribution in [1.82, 2.24) is 4.90 Å². The van der Waals surface area contributed by atoms with Gasteiger partial charge in [-0.25, -0.2) is 18.0 Å². The number of carboxylic acid groups (broad SMARTS) is 1. The van der Waals surface area contributed by atoms with E-state index in [0.717, 1.165) is 30.7 Å². The summed E-state index contributed by atoms with van der Waals surface area (Å²) in [5, 5.41) is 13.1. The van der Waals surface area contributed by atoms with E-state index in [2.05, 4.69) is 15.2 Å².